The van der Waals surface area contributed by atoms with E-state index in [1.54, 1.807) is 11.3 Å². The average Bonchev–Trinajstić information content (AvgIpc) is 2.82. The first kappa shape index (κ1) is 12.4. The SMILES string of the molecule is CC(NC(CO)CO)c1cnc2ccsc2c1. The average molecular weight is 252 g/mol. The lowest BCUT2D eigenvalue weighted by molar-refractivity contribution is 0.163. The van der Waals surface area contributed by atoms with Gasteiger partial charge in [0, 0.05) is 12.2 Å². The Morgan fingerprint density at radius 3 is 2.88 bits per heavy atom. The van der Waals surface area contributed by atoms with Crippen LogP contribution in [0.5, 0.6) is 0 Å². The van der Waals surface area contributed by atoms with E-state index in [0.29, 0.717) is 0 Å². The van der Waals surface area contributed by atoms with E-state index in [1.165, 1.54) is 0 Å². The molecule has 4 nitrogen and oxygen atoms in total. The van der Waals surface area contributed by atoms with E-state index in [1.807, 2.05) is 24.6 Å². The first-order valence-corrected chi connectivity index (χ1v) is 6.43. The lowest BCUT2D eigenvalue weighted by Crippen LogP contribution is -2.37. The Morgan fingerprint density at radius 1 is 1.41 bits per heavy atom. The van der Waals surface area contributed by atoms with Crippen LogP contribution in [0.25, 0.3) is 10.2 Å². The molecule has 2 aromatic heterocycles. The Morgan fingerprint density at radius 2 is 2.18 bits per heavy atom. The number of thiophene rings is 1. The highest BCUT2D eigenvalue weighted by Gasteiger charge is 2.12. The number of hydrogen-bond acceptors (Lipinski definition) is 5. The molecule has 0 fully saturated rings. The summed E-state index contributed by atoms with van der Waals surface area (Å²) in [4.78, 5) is 4.37. The minimum absolute atomic E-state index is 0.0540. The molecule has 0 aromatic carbocycles. The van der Waals surface area contributed by atoms with Crippen LogP contribution in [0.2, 0.25) is 0 Å². The van der Waals surface area contributed by atoms with Crippen molar-refractivity contribution in [2.45, 2.75) is 19.0 Å². The fourth-order valence-corrected chi connectivity index (χ4v) is 2.50. The highest BCUT2D eigenvalue weighted by Crippen LogP contribution is 2.22. The number of aromatic nitrogens is 1. The molecule has 0 aliphatic rings. The Labute approximate surface area is 104 Å². The number of rotatable bonds is 5. The van der Waals surface area contributed by atoms with Crippen molar-refractivity contribution in [3.05, 3.63) is 29.3 Å². The summed E-state index contributed by atoms with van der Waals surface area (Å²) in [5, 5.41) is 23.2. The number of nitrogens with zero attached hydrogens (tertiary/aromatic N) is 1. The van der Waals surface area contributed by atoms with E-state index < -0.39 is 0 Å². The summed E-state index contributed by atoms with van der Waals surface area (Å²) in [7, 11) is 0. The third kappa shape index (κ3) is 2.81. The molecule has 2 aromatic rings. The number of aliphatic hydroxyl groups excluding tert-OH is 2. The van der Waals surface area contributed by atoms with E-state index in [9.17, 15) is 0 Å². The fourth-order valence-electron chi connectivity index (χ4n) is 1.71. The van der Waals surface area contributed by atoms with E-state index in [2.05, 4.69) is 16.4 Å². The molecule has 2 heterocycles. The second-order valence-corrected chi connectivity index (χ2v) is 4.97. The van der Waals surface area contributed by atoms with Gasteiger partial charge in [-0.2, -0.15) is 0 Å². The minimum Gasteiger partial charge on any atom is -0.395 e. The molecule has 0 radical (unpaired) electrons. The van der Waals surface area contributed by atoms with Gasteiger partial charge in [0.15, 0.2) is 0 Å². The van der Waals surface area contributed by atoms with Crippen LogP contribution in [-0.2, 0) is 0 Å². The standard InChI is InChI=1S/C12H16N2O2S/c1-8(14-10(6-15)7-16)9-4-12-11(13-5-9)2-3-17-12/h2-5,8,10,14-16H,6-7H2,1H3. The van der Waals surface area contributed by atoms with Crippen LogP contribution in [0.4, 0.5) is 0 Å². The number of aliphatic hydroxyl groups is 2. The summed E-state index contributed by atoms with van der Waals surface area (Å²) in [6, 6.07) is 3.85. The van der Waals surface area contributed by atoms with Gasteiger partial charge in [-0.25, -0.2) is 0 Å². The third-order valence-corrected chi connectivity index (χ3v) is 3.60. The van der Waals surface area contributed by atoms with Crippen molar-refractivity contribution < 1.29 is 10.2 Å². The van der Waals surface area contributed by atoms with Crippen LogP contribution in [0, 0.1) is 0 Å². The molecule has 0 saturated carbocycles. The van der Waals surface area contributed by atoms with Gasteiger partial charge in [0.05, 0.1) is 29.5 Å². The zero-order valence-corrected chi connectivity index (χ0v) is 10.4. The van der Waals surface area contributed by atoms with Gasteiger partial charge in [0.25, 0.3) is 0 Å². The summed E-state index contributed by atoms with van der Waals surface area (Å²) in [6.07, 6.45) is 1.83. The van der Waals surface area contributed by atoms with Gasteiger partial charge in [-0.1, -0.05) is 0 Å². The van der Waals surface area contributed by atoms with Crippen LogP contribution in [0.15, 0.2) is 23.7 Å². The van der Waals surface area contributed by atoms with Crippen molar-refractivity contribution in [3.63, 3.8) is 0 Å². The molecule has 0 aliphatic heterocycles. The topological polar surface area (TPSA) is 65.4 Å². The van der Waals surface area contributed by atoms with Gasteiger partial charge < -0.3 is 15.5 Å². The molecule has 2 rings (SSSR count). The summed E-state index contributed by atoms with van der Waals surface area (Å²) in [6.45, 7) is 1.85. The second-order valence-electron chi connectivity index (χ2n) is 4.02. The van der Waals surface area contributed by atoms with Gasteiger partial charge in [-0.15, -0.1) is 11.3 Å². The lowest BCUT2D eigenvalue weighted by Gasteiger charge is -2.19. The Balaban J connectivity index is 2.14. The van der Waals surface area contributed by atoms with Gasteiger partial charge in [0.2, 0.25) is 0 Å². The smallest absolute Gasteiger partial charge is 0.0809 e. The lowest BCUT2D eigenvalue weighted by atomic mass is 10.1. The summed E-state index contributed by atoms with van der Waals surface area (Å²) in [5.41, 5.74) is 2.07. The molecule has 5 heteroatoms. The maximum atomic E-state index is 9.02. The molecule has 0 saturated heterocycles. The molecule has 1 atom stereocenters. The van der Waals surface area contributed by atoms with Crippen LogP contribution >= 0.6 is 11.3 Å². The first-order valence-electron chi connectivity index (χ1n) is 5.55. The van der Waals surface area contributed by atoms with E-state index in [-0.39, 0.29) is 25.3 Å². The van der Waals surface area contributed by atoms with E-state index >= 15 is 0 Å². The minimum atomic E-state index is -0.288. The molecular weight excluding hydrogens is 236 g/mol. The Kier molecular flexibility index (Phi) is 4.06. The molecule has 0 bridgehead atoms. The normalized spacial score (nSPS) is 13.4. The summed E-state index contributed by atoms with van der Waals surface area (Å²) in [5.74, 6) is 0. The molecule has 3 N–H and O–H groups in total. The third-order valence-electron chi connectivity index (χ3n) is 2.75. The predicted molar refractivity (Wildman–Crippen MR) is 69.1 cm³/mol. The zero-order valence-electron chi connectivity index (χ0n) is 9.63. The Hall–Kier alpha value is -1.01. The van der Waals surface area contributed by atoms with E-state index in [0.717, 1.165) is 15.8 Å². The number of hydrogen-bond donors (Lipinski definition) is 3. The van der Waals surface area contributed by atoms with Gasteiger partial charge >= 0.3 is 0 Å². The van der Waals surface area contributed by atoms with E-state index in [4.69, 9.17) is 10.2 Å². The van der Waals surface area contributed by atoms with Gasteiger partial charge in [-0.3, -0.25) is 4.98 Å². The van der Waals surface area contributed by atoms with Crippen LogP contribution in [0.1, 0.15) is 18.5 Å². The highest BCUT2D eigenvalue weighted by atomic mass is 32.1. The van der Waals surface area contributed by atoms with Crippen LogP contribution < -0.4 is 5.32 Å². The molecule has 92 valence electrons. The van der Waals surface area contributed by atoms with Gasteiger partial charge in [-0.05, 0) is 30.0 Å². The van der Waals surface area contributed by atoms with Crippen molar-refractivity contribution >= 4 is 21.6 Å². The monoisotopic (exact) mass is 252 g/mol. The largest absolute Gasteiger partial charge is 0.395 e. The number of fused-ring (bicyclic) bond motifs is 1. The first-order chi connectivity index (χ1) is 8.24. The molecule has 0 spiro atoms. The molecular formula is C12H16N2O2S. The zero-order chi connectivity index (χ0) is 12.3. The van der Waals surface area contributed by atoms with Crippen molar-refractivity contribution in [1.29, 1.82) is 0 Å². The quantitative estimate of drug-likeness (QED) is 0.750. The summed E-state index contributed by atoms with van der Waals surface area (Å²) < 4.78 is 1.15. The predicted octanol–water partition coefficient (Wildman–Crippen LogP) is 1.30. The van der Waals surface area contributed by atoms with Crippen molar-refractivity contribution in [3.8, 4) is 0 Å². The maximum absolute atomic E-state index is 9.02. The molecule has 17 heavy (non-hydrogen) atoms. The van der Waals surface area contributed by atoms with Crippen molar-refractivity contribution in [2.75, 3.05) is 13.2 Å². The maximum Gasteiger partial charge on any atom is 0.0809 e. The van der Waals surface area contributed by atoms with Crippen LogP contribution in [0.3, 0.4) is 0 Å². The van der Waals surface area contributed by atoms with Crippen molar-refractivity contribution in [1.82, 2.24) is 10.3 Å². The number of nitrogens with one attached hydrogen (secondary N) is 1. The molecule has 0 aliphatic carbocycles. The number of pyridine rings is 1. The van der Waals surface area contributed by atoms with Crippen molar-refractivity contribution in [2.24, 2.45) is 0 Å². The second kappa shape index (κ2) is 5.55. The molecule has 1 unspecified atom stereocenters. The highest BCUT2D eigenvalue weighted by molar-refractivity contribution is 7.17. The molecule has 0 amide bonds. The van der Waals surface area contributed by atoms with Gasteiger partial charge in [0.1, 0.15) is 0 Å². The Bertz CT molecular complexity index is 482. The van der Waals surface area contributed by atoms with Crippen LogP contribution in [-0.4, -0.2) is 34.5 Å². The fraction of sp³-hybridized carbons (Fsp3) is 0.417. The summed E-state index contributed by atoms with van der Waals surface area (Å²) >= 11 is 1.66.